The summed E-state index contributed by atoms with van der Waals surface area (Å²) in [5.41, 5.74) is 10.6. The normalized spacial score (nSPS) is 13.6. The molecule has 12 nitrogen and oxygen atoms in total. The van der Waals surface area contributed by atoms with Crippen molar-refractivity contribution in [1.29, 1.82) is 5.41 Å². The summed E-state index contributed by atoms with van der Waals surface area (Å²) in [6.07, 6.45) is 6.77. The average molecular weight is 650 g/mol. The zero-order chi connectivity index (χ0) is 34.1. The maximum atomic E-state index is 14.0. The van der Waals surface area contributed by atoms with E-state index >= 15 is 0 Å². The minimum absolute atomic E-state index is 0.0409. The molecule has 0 aliphatic carbocycles. The Morgan fingerprint density at radius 1 is 1.12 bits per heavy atom. The molecular formula is C35H36FN9O3. The lowest BCUT2D eigenvalue weighted by Crippen LogP contribution is -2.40. The van der Waals surface area contributed by atoms with E-state index in [1.54, 1.807) is 19.1 Å². The van der Waals surface area contributed by atoms with Gasteiger partial charge >= 0.3 is 0 Å². The molecule has 0 saturated carbocycles. The van der Waals surface area contributed by atoms with Gasteiger partial charge in [0.1, 0.15) is 23.2 Å². The van der Waals surface area contributed by atoms with Crippen LogP contribution >= 0.6 is 0 Å². The quantitative estimate of drug-likeness (QED) is 0.204. The number of aromatic nitrogens is 5. The van der Waals surface area contributed by atoms with Gasteiger partial charge in [-0.2, -0.15) is 5.10 Å². The molecule has 5 aromatic rings. The van der Waals surface area contributed by atoms with Crippen molar-refractivity contribution in [3.05, 3.63) is 99.9 Å². The molecule has 4 aromatic heterocycles. The second-order valence-electron chi connectivity index (χ2n) is 12.3. The Balaban J connectivity index is 1.28. The van der Waals surface area contributed by atoms with Gasteiger partial charge in [0.15, 0.2) is 5.82 Å². The van der Waals surface area contributed by atoms with E-state index in [1.807, 2.05) is 35.4 Å². The van der Waals surface area contributed by atoms with E-state index in [1.165, 1.54) is 35.4 Å². The first kappa shape index (κ1) is 32.2. The number of nitrogens with zero attached hydrogens (tertiary/aromatic N) is 6. The summed E-state index contributed by atoms with van der Waals surface area (Å²) in [4.78, 5) is 49.6. The van der Waals surface area contributed by atoms with Gasteiger partial charge < -0.3 is 21.4 Å². The molecule has 5 heterocycles. The lowest BCUT2D eigenvalue weighted by atomic mass is 9.92. The Morgan fingerprint density at radius 3 is 2.52 bits per heavy atom. The van der Waals surface area contributed by atoms with E-state index in [9.17, 15) is 18.8 Å². The fourth-order valence-corrected chi connectivity index (χ4v) is 6.37. The topological polar surface area (TPSA) is 164 Å². The third kappa shape index (κ3) is 6.06. The number of nitrogens with two attached hydrogens (primary N) is 1. The molecule has 1 saturated heterocycles. The molecule has 1 aromatic carbocycles. The molecule has 1 fully saturated rings. The molecule has 0 unspecified atom stereocenters. The van der Waals surface area contributed by atoms with Crippen molar-refractivity contribution in [2.75, 3.05) is 24.1 Å². The zero-order valence-electron chi connectivity index (χ0n) is 26.9. The van der Waals surface area contributed by atoms with E-state index in [4.69, 9.17) is 11.1 Å². The van der Waals surface area contributed by atoms with Crippen LogP contribution in [0.1, 0.15) is 59.9 Å². The summed E-state index contributed by atoms with van der Waals surface area (Å²) in [5.74, 6) is -0.635. The molecule has 6 rings (SSSR count). The third-order valence-corrected chi connectivity index (χ3v) is 8.85. The number of nitrogens with one attached hydrogen (secondary N) is 2. The zero-order valence-corrected chi connectivity index (χ0v) is 26.9. The largest absolute Gasteiger partial charge is 0.382 e. The fraction of sp³-hybridized carbons (Fsp3) is 0.286. The highest BCUT2D eigenvalue weighted by atomic mass is 19.1. The highest BCUT2D eigenvalue weighted by Gasteiger charge is 2.28. The number of benzene rings is 1. The Bertz CT molecular complexity index is 2100. The maximum absolute atomic E-state index is 14.0. The second kappa shape index (κ2) is 13.2. The molecule has 0 spiro atoms. The molecular weight excluding hydrogens is 613 g/mol. The van der Waals surface area contributed by atoms with Crippen LogP contribution in [0.3, 0.4) is 0 Å². The van der Waals surface area contributed by atoms with Crippen molar-refractivity contribution in [3.63, 3.8) is 0 Å². The van der Waals surface area contributed by atoms with Crippen molar-refractivity contribution in [1.82, 2.24) is 29.0 Å². The fourth-order valence-electron chi connectivity index (χ4n) is 6.37. The summed E-state index contributed by atoms with van der Waals surface area (Å²) in [6, 6.07) is 11.9. The van der Waals surface area contributed by atoms with E-state index < -0.39 is 17.3 Å². The number of fused-ring (bicyclic) bond motifs is 1. The van der Waals surface area contributed by atoms with E-state index in [0.29, 0.717) is 41.4 Å². The van der Waals surface area contributed by atoms with Crippen LogP contribution in [0.25, 0.3) is 22.3 Å². The first-order chi connectivity index (χ1) is 23.1. The van der Waals surface area contributed by atoms with E-state index in [2.05, 4.69) is 26.4 Å². The number of piperidine rings is 1. The van der Waals surface area contributed by atoms with Crippen LogP contribution in [0.2, 0.25) is 0 Å². The monoisotopic (exact) mass is 649 g/mol. The van der Waals surface area contributed by atoms with Crippen LogP contribution in [-0.2, 0) is 11.2 Å². The number of rotatable bonds is 8. The van der Waals surface area contributed by atoms with Gasteiger partial charge in [-0.15, -0.1) is 0 Å². The van der Waals surface area contributed by atoms with Gasteiger partial charge in [-0.25, -0.2) is 13.9 Å². The van der Waals surface area contributed by atoms with Gasteiger partial charge in [-0.3, -0.25) is 23.9 Å². The minimum atomic E-state index is -0.645. The number of amides is 2. The first-order valence-electron chi connectivity index (χ1n) is 15.8. The number of halogens is 1. The third-order valence-electron chi connectivity index (χ3n) is 8.85. The molecule has 0 radical (unpaired) electrons. The summed E-state index contributed by atoms with van der Waals surface area (Å²) < 4.78 is 17.1. The van der Waals surface area contributed by atoms with Crippen LogP contribution in [0.5, 0.6) is 0 Å². The Kier molecular flexibility index (Phi) is 8.85. The molecule has 4 N–H and O–H groups in total. The van der Waals surface area contributed by atoms with Crippen molar-refractivity contribution in [3.8, 4) is 16.8 Å². The lowest BCUT2D eigenvalue weighted by molar-refractivity contribution is -0.135. The van der Waals surface area contributed by atoms with Crippen LogP contribution in [0.4, 0.5) is 15.9 Å². The molecule has 48 heavy (non-hydrogen) atoms. The molecule has 0 atom stereocenters. The number of nitrogen functional groups attached to an aromatic ring is 1. The lowest BCUT2D eigenvalue weighted by Gasteiger charge is -2.33. The molecule has 1 aliphatic rings. The number of anilines is 2. The van der Waals surface area contributed by atoms with Crippen LogP contribution < -0.4 is 16.6 Å². The molecule has 13 heteroatoms. The van der Waals surface area contributed by atoms with Gasteiger partial charge in [0.25, 0.3) is 11.5 Å². The molecule has 246 valence electrons. The standard InChI is InChI=1S/C35H36FN9O3/c1-20(2)34(47)43-12-9-23(10-13-43)30-16-28(31-32(38)40-19-41-45(30)31)22-4-6-26(7-5-22)42-33(46)29-14-24(8-11-37)21(3)44(35(29)48)27-15-25(36)17-39-18-27/h4-7,11,14-20,23,37H,8-10,12-13H2,1-3H3,(H,42,46)(H2,38,40,41). The number of hydrogen-bond acceptors (Lipinski definition) is 8. The van der Waals surface area contributed by atoms with Crippen LogP contribution in [-0.4, -0.2) is 60.2 Å². The number of pyridine rings is 2. The SMILES string of the molecule is Cc1c(CC=N)cc(C(=O)Nc2ccc(-c3cc(C4CCN(C(=O)C(C)C)CC4)n4ncnc(N)c34)cc2)c(=O)n1-c1cncc(F)c1. The summed E-state index contributed by atoms with van der Waals surface area (Å²) >= 11 is 0. The summed E-state index contributed by atoms with van der Waals surface area (Å²) in [6.45, 7) is 6.86. The average Bonchev–Trinajstić information content (AvgIpc) is 3.47. The highest BCUT2D eigenvalue weighted by molar-refractivity contribution is 6.04. The van der Waals surface area contributed by atoms with Gasteiger partial charge in [0.05, 0.1) is 18.1 Å². The van der Waals surface area contributed by atoms with Gasteiger partial charge in [0, 0.05) is 60.1 Å². The van der Waals surface area contributed by atoms with Gasteiger partial charge in [0.2, 0.25) is 5.91 Å². The predicted molar refractivity (Wildman–Crippen MR) is 181 cm³/mol. The molecule has 0 bridgehead atoms. The van der Waals surface area contributed by atoms with Gasteiger partial charge in [-0.05, 0) is 61.4 Å². The van der Waals surface area contributed by atoms with Crippen molar-refractivity contribution >= 4 is 35.1 Å². The maximum Gasteiger partial charge on any atom is 0.268 e. The molecule has 2 amide bonds. The summed E-state index contributed by atoms with van der Waals surface area (Å²) in [5, 5.41) is 14.9. The van der Waals surface area contributed by atoms with Crippen molar-refractivity contribution in [2.45, 2.75) is 46.0 Å². The smallest absolute Gasteiger partial charge is 0.268 e. The number of carbonyl (C=O) groups is 2. The van der Waals surface area contributed by atoms with E-state index in [0.717, 1.165) is 35.9 Å². The van der Waals surface area contributed by atoms with Crippen molar-refractivity contribution in [2.24, 2.45) is 5.92 Å². The Hall–Kier alpha value is -5.72. The molecule has 1 aliphatic heterocycles. The Labute approximate surface area is 276 Å². The van der Waals surface area contributed by atoms with Crippen LogP contribution in [0, 0.1) is 24.1 Å². The number of likely N-dealkylation sites (tertiary alicyclic amines) is 1. The van der Waals surface area contributed by atoms with Crippen LogP contribution in [0.15, 0.2) is 66.0 Å². The van der Waals surface area contributed by atoms with Crippen molar-refractivity contribution < 1.29 is 14.0 Å². The Morgan fingerprint density at radius 2 is 1.85 bits per heavy atom. The highest BCUT2D eigenvalue weighted by Crippen LogP contribution is 2.37. The summed E-state index contributed by atoms with van der Waals surface area (Å²) in [7, 11) is 0. The minimum Gasteiger partial charge on any atom is -0.382 e. The van der Waals surface area contributed by atoms with Gasteiger partial charge in [-0.1, -0.05) is 26.0 Å². The predicted octanol–water partition coefficient (Wildman–Crippen LogP) is 4.78. The first-order valence-corrected chi connectivity index (χ1v) is 15.8. The van der Waals surface area contributed by atoms with E-state index in [-0.39, 0.29) is 35.4 Å². The second-order valence-corrected chi connectivity index (χ2v) is 12.3. The number of carbonyl (C=O) groups excluding carboxylic acids is 2. The number of hydrogen-bond donors (Lipinski definition) is 3.